The zero-order valence-corrected chi connectivity index (χ0v) is 9.10. The number of benzene rings is 1. The van der Waals surface area contributed by atoms with Crippen LogP contribution in [0, 0.1) is 0 Å². The Balaban J connectivity index is 2.56. The van der Waals surface area contributed by atoms with Gasteiger partial charge in [0.05, 0.1) is 0 Å². The van der Waals surface area contributed by atoms with Gasteiger partial charge in [0.25, 0.3) is 0 Å². The molecule has 0 saturated heterocycles. The van der Waals surface area contributed by atoms with Crippen LogP contribution in [0.2, 0.25) is 0 Å². The van der Waals surface area contributed by atoms with Crippen molar-refractivity contribution in [3.05, 3.63) is 35.9 Å². The van der Waals surface area contributed by atoms with Crippen LogP contribution in [0.3, 0.4) is 0 Å². The van der Waals surface area contributed by atoms with Crippen LogP contribution < -0.4 is 5.32 Å². The van der Waals surface area contributed by atoms with Crippen LogP contribution in [-0.4, -0.2) is 18.6 Å². The Hall–Kier alpha value is -0.470. The van der Waals surface area contributed by atoms with Crippen LogP contribution in [-0.2, 0) is 0 Å². The first-order valence-electron chi connectivity index (χ1n) is 4.68. The van der Waals surface area contributed by atoms with E-state index in [4.69, 9.17) is 0 Å². The number of hydrogen-bond acceptors (Lipinski definition) is 2. The predicted octanol–water partition coefficient (Wildman–Crippen LogP) is 2.70. The Morgan fingerprint density at radius 3 is 2.54 bits per heavy atom. The SMILES string of the molecule is CCSCC(NC)c1ccccc1. The van der Waals surface area contributed by atoms with Crippen LogP contribution in [0.25, 0.3) is 0 Å². The van der Waals surface area contributed by atoms with E-state index in [-0.39, 0.29) is 0 Å². The van der Waals surface area contributed by atoms with Gasteiger partial charge in [0, 0.05) is 11.8 Å². The van der Waals surface area contributed by atoms with Crippen molar-refractivity contribution in [2.24, 2.45) is 0 Å². The summed E-state index contributed by atoms with van der Waals surface area (Å²) in [5.41, 5.74) is 1.38. The fourth-order valence-corrected chi connectivity index (χ4v) is 2.10. The lowest BCUT2D eigenvalue weighted by atomic mass is 10.1. The summed E-state index contributed by atoms with van der Waals surface area (Å²) in [7, 11) is 2.02. The minimum absolute atomic E-state index is 0.492. The zero-order valence-electron chi connectivity index (χ0n) is 8.29. The van der Waals surface area contributed by atoms with Gasteiger partial charge in [-0.15, -0.1) is 0 Å². The Bertz CT molecular complexity index is 223. The van der Waals surface area contributed by atoms with Gasteiger partial charge in [0.15, 0.2) is 0 Å². The summed E-state index contributed by atoms with van der Waals surface area (Å²) in [6, 6.07) is 11.1. The largest absolute Gasteiger partial charge is 0.312 e. The zero-order chi connectivity index (χ0) is 9.52. The van der Waals surface area contributed by atoms with Crippen molar-refractivity contribution in [2.45, 2.75) is 13.0 Å². The lowest BCUT2D eigenvalue weighted by Crippen LogP contribution is -2.18. The Morgan fingerprint density at radius 2 is 2.00 bits per heavy atom. The fraction of sp³-hybridized carbons (Fsp3) is 0.455. The lowest BCUT2D eigenvalue weighted by Gasteiger charge is -2.15. The van der Waals surface area contributed by atoms with E-state index in [0.717, 1.165) is 5.75 Å². The highest BCUT2D eigenvalue weighted by Crippen LogP contribution is 2.17. The second-order valence-corrected chi connectivity index (χ2v) is 4.23. The van der Waals surface area contributed by atoms with E-state index in [2.05, 4.69) is 42.6 Å². The molecule has 1 unspecified atom stereocenters. The quantitative estimate of drug-likeness (QED) is 0.775. The molecule has 0 aromatic heterocycles. The molecule has 0 aliphatic rings. The highest BCUT2D eigenvalue weighted by Gasteiger charge is 2.06. The molecule has 1 aromatic carbocycles. The maximum Gasteiger partial charge on any atom is 0.0409 e. The van der Waals surface area contributed by atoms with E-state index in [9.17, 15) is 0 Å². The average Bonchev–Trinajstić information content (AvgIpc) is 2.21. The van der Waals surface area contributed by atoms with E-state index < -0.39 is 0 Å². The Morgan fingerprint density at radius 1 is 1.31 bits per heavy atom. The predicted molar refractivity (Wildman–Crippen MR) is 61.2 cm³/mol. The molecule has 1 atom stereocenters. The third-order valence-corrected chi connectivity index (χ3v) is 3.02. The molecule has 1 rings (SSSR count). The summed E-state index contributed by atoms with van der Waals surface area (Å²) in [6.45, 7) is 2.20. The van der Waals surface area contributed by atoms with E-state index in [1.807, 2.05) is 18.8 Å². The van der Waals surface area contributed by atoms with Crippen molar-refractivity contribution in [1.82, 2.24) is 5.32 Å². The molecule has 0 fully saturated rings. The molecule has 2 heteroatoms. The molecular formula is C11H17NS. The van der Waals surface area contributed by atoms with Crippen molar-refractivity contribution >= 4 is 11.8 Å². The van der Waals surface area contributed by atoms with Gasteiger partial charge < -0.3 is 5.32 Å². The topological polar surface area (TPSA) is 12.0 Å². The number of hydrogen-bond donors (Lipinski definition) is 1. The van der Waals surface area contributed by atoms with Gasteiger partial charge in [-0.3, -0.25) is 0 Å². The number of nitrogens with one attached hydrogen (secondary N) is 1. The number of rotatable bonds is 5. The first-order chi connectivity index (χ1) is 6.38. The summed E-state index contributed by atoms with van der Waals surface area (Å²) in [5.74, 6) is 2.34. The molecule has 1 N–H and O–H groups in total. The third-order valence-electron chi connectivity index (χ3n) is 2.04. The van der Waals surface area contributed by atoms with E-state index in [1.165, 1.54) is 11.3 Å². The van der Waals surface area contributed by atoms with Gasteiger partial charge >= 0.3 is 0 Å². The highest BCUT2D eigenvalue weighted by atomic mass is 32.2. The van der Waals surface area contributed by atoms with E-state index >= 15 is 0 Å². The van der Waals surface area contributed by atoms with Crippen LogP contribution >= 0.6 is 11.8 Å². The molecular weight excluding hydrogens is 178 g/mol. The molecule has 0 amide bonds. The number of thioether (sulfide) groups is 1. The van der Waals surface area contributed by atoms with Gasteiger partial charge in [-0.1, -0.05) is 37.3 Å². The Kier molecular flexibility index (Phi) is 4.94. The van der Waals surface area contributed by atoms with E-state index in [1.54, 1.807) is 0 Å². The standard InChI is InChI=1S/C11H17NS/c1-3-13-9-11(12-2)10-7-5-4-6-8-10/h4-8,11-12H,3,9H2,1-2H3. The molecule has 0 aliphatic heterocycles. The van der Waals surface area contributed by atoms with Crippen LogP contribution in [0.4, 0.5) is 0 Å². The van der Waals surface area contributed by atoms with Crippen molar-refractivity contribution in [1.29, 1.82) is 0 Å². The van der Waals surface area contributed by atoms with Crippen molar-refractivity contribution < 1.29 is 0 Å². The van der Waals surface area contributed by atoms with E-state index in [0.29, 0.717) is 6.04 Å². The van der Waals surface area contributed by atoms with Crippen LogP contribution in [0.15, 0.2) is 30.3 Å². The summed E-state index contributed by atoms with van der Waals surface area (Å²) >= 11 is 1.97. The molecule has 1 nitrogen and oxygen atoms in total. The molecule has 0 radical (unpaired) electrons. The highest BCUT2D eigenvalue weighted by molar-refractivity contribution is 7.99. The third kappa shape index (κ3) is 3.41. The summed E-state index contributed by atoms with van der Waals surface area (Å²) in [5, 5.41) is 3.33. The second-order valence-electron chi connectivity index (χ2n) is 2.91. The monoisotopic (exact) mass is 195 g/mol. The summed E-state index contributed by atoms with van der Waals surface area (Å²) in [4.78, 5) is 0. The van der Waals surface area contributed by atoms with Crippen molar-refractivity contribution in [3.8, 4) is 0 Å². The van der Waals surface area contributed by atoms with Crippen LogP contribution in [0.5, 0.6) is 0 Å². The van der Waals surface area contributed by atoms with Gasteiger partial charge in [0.2, 0.25) is 0 Å². The van der Waals surface area contributed by atoms with Crippen molar-refractivity contribution in [3.63, 3.8) is 0 Å². The lowest BCUT2D eigenvalue weighted by molar-refractivity contribution is 0.662. The van der Waals surface area contributed by atoms with Crippen molar-refractivity contribution in [2.75, 3.05) is 18.6 Å². The molecule has 13 heavy (non-hydrogen) atoms. The summed E-state index contributed by atoms with van der Waals surface area (Å²) < 4.78 is 0. The normalized spacial score (nSPS) is 12.8. The average molecular weight is 195 g/mol. The molecule has 0 aliphatic carbocycles. The minimum Gasteiger partial charge on any atom is -0.312 e. The van der Waals surface area contributed by atoms with Gasteiger partial charge in [-0.05, 0) is 18.4 Å². The first kappa shape index (κ1) is 10.6. The summed E-state index contributed by atoms with van der Waals surface area (Å²) in [6.07, 6.45) is 0. The molecule has 0 bridgehead atoms. The fourth-order valence-electron chi connectivity index (χ4n) is 1.27. The first-order valence-corrected chi connectivity index (χ1v) is 5.84. The second kappa shape index (κ2) is 6.06. The van der Waals surface area contributed by atoms with Gasteiger partial charge in [-0.2, -0.15) is 11.8 Å². The smallest absolute Gasteiger partial charge is 0.0409 e. The van der Waals surface area contributed by atoms with Gasteiger partial charge in [-0.25, -0.2) is 0 Å². The molecule has 0 saturated carbocycles. The molecule has 0 heterocycles. The van der Waals surface area contributed by atoms with Gasteiger partial charge in [0.1, 0.15) is 0 Å². The minimum atomic E-state index is 0.492. The molecule has 0 spiro atoms. The Labute approximate surface area is 84.9 Å². The maximum atomic E-state index is 3.33. The van der Waals surface area contributed by atoms with Crippen LogP contribution in [0.1, 0.15) is 18.5 Å². The molecule has 72 valence electrons. The maximum absolute atomic E-state index is 3.33. The molecule has 1 aromatic rings.